The number of aromatic nitrogens is 2. The van der Waals surface area contributed by atoms with E-state index in [-0.39, 0.29) is 17.5 Å². The van der Waals surface area contributed by atoms with Crippen molar-refractivity contribution < 1.29 is 12.8 Å². The lowest BCUT2D eigenvalue weighted by molar-refractivity contribution is 0.472. The Bertz CT molecular complexity index is 896. The third-order valence-corrected chi connectivity index (χ3v) is 5.51. The second-order valence-electron chi connectivity index (χ2n) is 5.90. The van der Waals surface area contributed by atoms with E-state index in [0.717, 1.165) is 11.3 Å². The van der Waals surface area contributed by atoms with Gasteiger partial charge in [-0.15, -0.1) is 0 Å². The van der Waals surface area contributed by atoms with Crippen molar-refractivity contribution in [1.82, 2.24) is 14.3 Å². The maximum absolute atomic E-state index is 12.4. The highest BCUT2D eigenvalue weighted by Gasteiger charge is 2.21. The molecule has 0 bridgehead atoms. The average molecular weight is 359 g/mol. The minimum atomic E-state index is -3.62. The fourth-order valence-electron chi connectivity index (χ4n) is 2.72. The maximum Gasteiger partial charge on any atom is 0.259 e. The summed E-state index contributed by atoms with van der Waals surface area (Å²) in [5.41, 5.74) is 1.09. The first kappa shape index (κ1) is 17.4. The van der Waals surface area contributed by atoms with Crippen LogP contribution in [-0.4, -0.2) is 24.5 Å². The van der Waals surface area contributed by atoms with Crippen LogP contribution in [0.1, 0.15) is 29.5 Å². The highest BCUT2D eigenvalue weighted by molar-refractivity contribution is 7.89. The minimum absolute atomic E-state index is 0.00984. The van der Waals surface area contributed by atoms with Crippen molar-refractivity contribution >= 4 is 10.0 Å². The SMILES string of the molecule is Cc1nc(S(=O)(=O)NCCC(c2ccccc2)c2ccco2)cn1C. The summed E-state index contributed by atoms with van der Waals surface area (Å²) in [6.45, 7) is 2.06. The molecule has 1 aromatic carbocycles. The number of hydrogen-bond donors (Lipinski definition) is 1. The number of rotatable bonds is 7. The first-order valence-corrected chi connectivity index (χ1v) is 9.53. The summed E-state index contributed by atoms with van der Waals surface area (Å²) in [6, 6.07) is 13.7. The van der Waals surface area contributed by atoms with Gasteiger partial charge in [-0.25, -0.2) is 18.1 Å². The zero-order valence-corrected chi connectivity index (χ0v) is 15.0. The number of imidazole rings is 1. The summed E-state index contributed by atoms with van der Waals surface area (Å²) in [7, 11) is -1.85. The van der Waals surface area contributed by atoms with Gasteiger partial charge < -0.3 is 8.98 Å². The molecule has 0 aliphatic rings. The molecule has 1 atom stereocenters. The Morgan fingerprint density at radius 2 is 1.96 bits per heavy atom. The van der Waals surface area contributed by atoms with E-state index in [1.165, 1.54) is 6.20 Å². The molecule has 7 heteroatoms. The lowest BCUT2D eigenvalue weighted by Crippen LogP contribution is -2.26. The third kappa shape index (κ3) is 4.00. The Kier molecular flexibility index (Phi) is 5.06. The Hall–Kier alpha value is -2.38. The van der Waals surface area contributed by atoms with Crippen LogP contribution < -0.4 is 4.72 Å². The van der Waals surface area contributed by atoms with Gasteiger partial charge in [-0.2, -0.15) is 0 Å². The van der Waals surface area contributed by atoms with Gasteiger partial charge >= 0.3 is 0 Å². The smallest absolute Gasteiger partial charge is 0.259 e. The molecule has 0 amide bonds. The van der Waals surface area contributed by atoms with Crippen LogP contribution in [0, 0.1) is 6.92 Å². The molecule has 0 radical (unpaired) electrons. The molecular formula is C18H21N3O3S. The number of hydrogen-bond acceptors (Lipinski definition) is 4. The molecule has 0 aliphatic carbocycles. The summed E-state index contributed by atoms with van der Waals surface area (Å²) in [5, 5.41) is 0.0433. The van der Waals surface area contributed by atoms with Crippen LogP contribution in [-0.2, 0) is 17.1 Å². The number of nitrogens with one attached hydrogen (secondary N) is 1. The largest absolute Gasteiger partial charge is 0.469 e. The van der Waals surface area contributed by atoms with Gasteiger partial charge in [0, 0.05) is 25.7 Å². The molecule has 2 heterocycles. The van der Waals surface area contributed by atoms with Gasteiger partial charge in [0.1, 0.15) is 11.6 Å². The minimum Gasteiger partial charge on any atom is -0.469 e. The first-order valence-electron chi connectivity index (χ1n) is 8.05. The van der Waals surface area contributed by atoms with Gasteiger partial charge in [0.15, 0.2) is 5.03 Å². The zero-order chi connectivity index (χ0) is 17.9. The predicted octanol–water partition coefficient (Wildman–Crippen LogP) is 2.82. The molecule has 3 rings (SSSR count). The molecule has 0 fully saturated rings. The molecule has 1 N–H and O–H groups in total. The van der Waals surface area contributed by atoms with Crippen molar-refractivity contribution in [3.8, 4) is 0 Å². The standard InChI is InChI=1S/C18H21N3O3S/c1-14-20-18(13-21(14)2)25(22,23)19-11-10-16(17-9-6-12-24-17)15-7-4-3-5-8-15/h3-9,12-13,16,19H,10-11H2,1-2H3. The molecule has 0 saturated heterocycles. The third-order valence-electron chi connectivity index (χ3n) is 4.18. The second-order valence-corrected chi connectivity index (χ2v) is 7.62. The summed E-state index contributed by atoms with van der Waals surface area (Å²) in [4.78, 5) is 4.08. The van der Waals surface area contributed by atoms with Crippen molar-refractivity contribution in [2.24, 2.45) is 7.05 Å². The van der Waals surface area contributed by atoms with Crippen molar-refractivity contribution in [1.29, 1.82) is 0 Å². The summed E-state index contributed by atoms with van der Waals surface area (Å²) in [6.07, 6.45) is 3.73. The molecule has 6 nitrogen and oxygen atoms in total. The van der Waals surface area contributed by atoms with Crippen molar-refractivity contribution in [2.75, 3.05) is 6.54 Å². The normalized spacial score (nSPS) is 13.0. The zero-order valence-electron chi connectivity index (χ0n) is 14.2. The van der Waals surface area contributed by atoms with E-state index in [1.54, 1.807) is 24.8 Å². The van der Waals surface area contributed by atoms with Crippen molar-refractivity contribution in [3.05, 3.63) is 72.1 Å². The lowest BCUT2D eigenvalue weighted by atomic mass is 9.93. The number of benzene rings is 1. The monoisotopic (exact) mass is 359 g/mol. The van der Waals surface area contributed by atoms with Crippen LogP contribution in [0.2, 0.25) is 0 Å². The Morgan fingerprint density at radius 3 is 2.56 bits per heavy atom. The fourth-order valence-corrected chi connectivity index (χ4v) is 3.80. The predicted molar refractivity (Wildman–Crippen MR) is 94.7 cm³/mol. The maximum atomic E-state index is 12.4. The summed E-state index contributed by atoms with van der Waals surface area (Å²) < 4.78 is 34.6. The number of sulfonamides is 1. The topological polar surface area (TPSA) is 77.1 Å². The number of nitrogens with zero attached hydrogens (tertiary/aromatic N) is 2. The van der Waals surface area contributed by atoms with E-state index in [2.05, 4.69) is 9.71 Å². The van der Waals surface area contributed by atoms with Gasteiger partial charge in [-0.1, -0.05) is 30.3 Å². The molecular weight excluding hydrogens is 338 g/mol. The van der Waals surface area contributed by atoms with Crippen LogP contribution >= 0.6 is 0 Å². The van der Waals surface area contributed by atoms with E-state index in [9.17, 15) is 8.42 Å². The quantitative estimate of drug-likeness (QED) is 0.704. The first-order chi connectivity index (χ1) is 12.0. The molecule has 25 heavy (non-hydrogen) atoms. The Labute approximate surface area is 147 Å². The van der Waals surface area contributed by atoms with Crippen LogP contribution in [0.3, 0.4) is 0 Å². The highest BCUT2D eigenvalue weighted by atomic mass is 32.2. The van der Waals surface area contributed by atoms with Crippen molar-refractivity contribution in [2.45, 2.75) is 24.3 Å². The van der Waals surface area contributed by atoms with Gasteiger partial charge in [0.05, 0.1) is 6.26 Å². The fraction of sp³-hybridized carbons (Fsp3) is 0.278. The van der Waals surface area contributed by atoms with E-state index >= 15 is 0 Å². The lowest BCUT2D eigenvalue weighted by Gasteiger charge is -2.15. The molecule has 2 aromatic heterocycles. The van der Waals surface area contributed by atoms with Gasteiger partial charge in [-0.05, 0) is 31.0 Å². The average Bonchev–Trinajstić information content (AvgIpc) is 3.23. The summed E-state index contributed by atoms with van der Waals surface area (Å²) in [5.74, 6) is 1.46. The molecule has 1 unspecified atom stereocenters. The van der Waals surface area contributed by atoms with E-state index in [1.807, 2.05) is 42.5 Å². The van der Waals surface area contributed by atoms with Crippen LogP contribution in [0.5, 0.6) is 0 Å². The van der Waals surface area contributed by atoms with Crippen molar-refractivity contribution in [3.63, 3.8) is 0 Å². The molecule has 0 spiro atoms. The number of aryl methyl sites for hydroxylation is 2. The Balaban J connectivity index is 1.72. The van der Waals surface area contributed by atoms with Gasteiger partial charge in [0.2, 0.25) is 0 Å². The second kappa shape index (κ2) is 7.25. The molecule has 3 aromatic rings. The van der Waals surface area contributed by atoms with E-state index < -0.39 is 10.0 Å². The van der Waals surface area contributed by atoms with E-state index in [0.29, 0.717) is 12.2 Å². The summed E-state index contributed by atoms with van der Waals surface area (Å²) >= 11 is 0. The highest BCUT2D eigenvalue weighted by Crippen LogP contribution is 2.28. The number of furan rings is 1. The van der Waals surface area contributed by atoms with Gasteiger partial charge in [0.25, 0.3) is 10.0 Å². The molecule has 0 aliphatic heterocycles. The molecule has 132 valence electrons. The van der Waals surface area contributed by atoms with E-state index in [4.69, 9.17) is 4.42 Å². The Morgan fingerprint density at radius 1 is 1.20 bits per heavy atom. The van der Waals surface area contributed by atoms with Crippen LogP contribution in [0.25, 0.3) is 0 Å². The van der Waals surface area contributed by atoms with Crippen LogP contribution in [0.4, 0.5) is 0 Å². The van der Waals surface area contributed by atoms with Gasteiger partial charge in [-0.3, -0.25) is 0 Å². The van der Waals surface area contributed by atoms with Crippen LogP contribution in [0.15, 0.2) is 64.4 Å². The molecule has 0 saturated carbocycles.